The number of carbonyl (C=O) groups is 1. The van der Waals surface area contributed by atoms with Crippen LogP contribution in [0.1, 0.15) is 38.8 Å². The Kier molecular flexibility index (Phi) is 3.45. The zero-order chi connectivity index (χ0) is 12.6. The average molecular weight is 319 g/mol. The van der Waals surface area contributed by atoms with E-state index in [9.17, 15) is 4.79 Å². The fourth-order valence-corrected chi connectivity index (χ4v) is 2.66. The first-order valence-corrected chi connectivity index (χ1v) is 7.13. The number of hydrogen-bond acceptors (Lipinski definition) is 4. The van der Waals surface area contributed by atoms with Crippen LogP contribution >= 0.6 is 27.3 Å². The maximum atomic E-state index is 11.5. The summed E-state index contributed by atoms with van der Waals surface area (Å²) in [6, 6.07) is 0.166. The van der Waals surface area contributed by atoms with Crippen LogP contribution in [0.15, 0.2) is 9.30 Å². The molecule has 0 radical (unpaired) electrons. The topological polar surface area (TPSA) is 51.2 Å². The van der Waals surface area contributed by atoms with E-state index < -0.39 is 5.60 Å². The first-order chi connectivity index (χ1) is 7.85. The summed E-state index contributed by atoms with van der Waals surface area (Å²) in [7, 11) is 0. The van der Waals surface area contributed by atoms with Gasteiger partial charge in [0, 0.05) is 17.3 Å². The van der Waals surface area contributed by atoms with Crippen molar-refractivity contribution in [3.05, 3.63) is 15.0 Å². The van der Waals surface area contributed by atoms with Crippen LogP contribution in [-0.4, -0.2) is 22.7 Å². The Balaban J connectivity index is 1.82. The highest BCUT2D eigenvalue weighted by Gasteiger charge is 2.41. The van der Waals surface area contributed by atoms with E-state index in [1.54, 1.807) is 11.3 Å². The van der Waals surface area contributed by atoms with Crippen molar-refractivity contribution >= 4 is 33.4 Å². The molecule has 0 unspecified atom stereocenters. The maximum absolute atomic E-state index is 11.5. The number of aromatic nitrogens is 1. The van der Waals surface area contributed by atoms with E-state index >= 15 is 0 Å². The van der Waals surface area contributed by atoms with Crippen LogP contribution in [0.2, 0.25) is 0 Å². The lowest BCUT2D eigenvalue weighted by molar-refractivity contribution is 0.0523. The molecule has 1 saturated carbocycles. The lowest BCUT2D eigenvalue weighted by Crippen LogP contribution is -2.34. The van der Waals surface area contributed by atoms with Crippen LogP contribution in [-0.2, 0) is 4.74 Å². The molecule has 0 aromatic carbocycles. The number of hydrogen-bond donors (Lipinski definition) is 1. The van der Waals surface area contributed by atoms with Gasteiger partial charge in [0.25, 0.3) is 0 Å². The number of halogens is 1. The van der Waals surface area contributed by atoms with E-state index in [-0.39, 0.29) is 12.1 Å². The zero-order valence-electron chi connectivity index (χ0n) is 9.99. The van der Waals surface area contributed by atoms with Gasteiger partial charge in [-0.2, -0.15) is 0 Å². The monoisotopic (exact) mass is 318 g/mol. The van der Waals surface area contributed by atoms with Crippen LogP contribution in [0.25, 0.3) is 0 Å². The van der Waals surface area contributed by atoms with E-state index in [1.165, 1.54) is 0 Å². The molecule has 94 valence electrons. The minimum Gasteiger partial charge on any atom is -0.444 e. The quantitative estimate of drug-likeness (QED) is 0.910. The summed E-state index contributed by atoms with van der Waals surface area (Å²) in [5.74, 6) is 0.338. The third-order valence-electron chi connectivity index (χ3n) is 2.37. The molecule has 0 aliphatic heterocycles. The Labute approximate surface area is 113 Å². The molecular weight excluding hydrogens is 304 g/mol. The molecule has 1 aromatic heterocycles. The van der Waals surface area contributed by atoms with Crippen molar-refractivity contribution in [3.63, 3.8) is 0 Å². The number of thiazole rings is 1. The summed E-state index contributed by atoms with van der Waals surface area (Å²) in [6.45, 7) is 5.57. The molecule has 0 saturated heterocycles. The number of carbonyl (C=O) groups excluding carboxylic acids is 1. The van der Waals surface area contributed by atoms with E-state index in [1.807, 2.05) is 26.2 Å². The van der Waals surface area contributed by atoms with E-state index in [0.29, 0.717) is 5.92 Å². The Hall–Kier alpha value is -0.620. The highest BCUT2D eigenvalue weighted by atomic mass is 79.9. The molecule has 1 aliphatic carbocycles. The Morgan fingerprint density at radius 3 is 2.88 bits per heavy atom. The number of ether oxygens (including phenoxy) is 1. The third kappa shape index (κ3) is 3.67. The summed E-state index contributed by atoms with van der Waals surface area (Å²) in [5.41, 5.74) is 0.598. The number of amides is 1. The summed E-state index contributed by atoms with van der Waals surface area (Å²) in [6.07, 6.45) is 0.592. The summed E-state index contributed by atoms with van der Waals surface area (Å²) >= 11 is 4.90. The van der Waals surface area contributed by atoms with Gasteiger partial charge in [0.1, 0.15) is 5.60 Å². The first-order valence-electron chi connectivity index (χ1n) is 5.45. The van der Waals surface area contributed by atoms with Gasteiger partial charge in [-0.15, -0.1) is 11.3 Å². The van der Waals surface area contributed by atoms with Crippen molar-refractivity contribution in [3.8, 4) is 0 Å². The molecule has 1 aromatic rings. The summed E-state index contributed by atoms with van der Waals surface area (Å²) in [4.78, 5) is 15.9. The highest BCUT2D eigenvalue weighted by molar-refractivity contribution is 9.11. The second-order valence-electron chi connectivity index (χ2n) is 5.12. The van der Waals surface area contributed by atoms with Crippen LogP contribution in [0.3, 0.4) is 0 Å². The molecule has 1 amide bonds. The van der Waals surface area contributed by atoms with Crippen molar-refractivity contribution in [2.75, 3.05) is 0 Å². The number of nitrogens with one attached hydrogen (secondary N) is 1. The van der Waals surface area contributed by atoms with Crippen LogP contribution in [0.4, 0.5) is 4.79 Å². The molecule has 0 bridgehead atoms. The van der Waals surface area contributed by atoms with Gasteiger partial charge in [-0.3, -0.25) is 0 Å². The lowest BCUT2D eigenvalue weighted by atomic mass is 10.2. The fraction of sp³-hybridized carbons (Fsp3) is 0.636. The lowest BCUT2D eigenvalue weighted by Gasteiger charge is -2.19. The average Bonchev–Trinajstić information content (AvgIpc) is 2.75. The number of rotatable bonds is 2. The molecule has 17 heavy (non-hydrogen) atoms. The third-order valence-corrected chi connectivity index (χ3v) is 3.75. The largest absolute Gasteiger partial charge is 0.444 e. The minimum absolute atomic E-state index is 0.166. The number of alkyl carbamates (subject to hydrolysis) is 1. The number of nitrogens with zero attached hydrogens (tertiary/aromatic N) is 1. The van der Waals surface area contributed by atoms with Gasteiger partial charge >= 0.3 is 6.09 Å². The Bertz CT molecular complexity index is 427. The molecule has 0 spiro atoms. The fourth-order valence-electron chi connectivity index (χ4n) is 1.57. The van der Waals surface area contributed by atoms with Gasteiger partial charge < -0.3 is 10.1 Å². The van der Waals surface area contributed by atoms with Gasteiger partial charge in [0.15, 0.2) is 3.92 Å². The summed E-state index contributed by atoms with van der Waals surface area (Å²) < 4.78 is 6.09. The zero-order valence-corrected chi connectivity index (χ0v) is 12.4. The van der Waals surface area contributed by atoms with E-state index in [4.69, 9.17) is 4.74 Å². The second kappa shape index (κ2) is 4.57. The standard InChI is InChI=1S/C11H15BrN2O2S/c1-11(2,3)16-10(15)14-7-4-6(7)8-5-17-9(12)13-8/h5-7H,4H2,1-3H3,(H,14,15)/t6-,7-/m1/s1. The molecule has 4 nitrogen and oxygen atoms in total. The smallest absolute Gasteiger partial charge is 0.407 e. The Morgan fingerprint density at radius 1 is 1.65 bits per heavy atom. The van der Waals surface area contributed by atoms with Crippen molar-refractivity contribution in [2.24, 2.45) is 0 Å². The second-order valence-corrected chi connectivity index (χ2v) is 7.25. The van der Waals surface area contributed by atoms with E-state index in [0.717, 1.165) is 16.0 Å². The molecular formula is C11H15BrN2O2S. The highest BCUT2D eigenvalue weighted by Crippen LogP contribution is 2.41. The van der Waals surface area contributed by atoms with E-state index in [2.05, 4.69) is 26.2 Å². The van der Waals surface area contributed by atoms with Gasteiger partial charge in [-0.05, 0) is 43.1 Å². The van der Waals surface area contributed by atoms with Crippen molar-refractivity contribution in [1.29, 1.82) is 0 Å². The minimum atomic E-state index is -0.446. The van der Waals surface area contributed by atoms with Crippen molar-refractivity contribution in [2.45, 2.75) is 44.8 Å². The molecule has 2 atom stereocenters. The SMILES string of the molecule is CC(C)(C)OC(=O)N[C@@H]1C[C@H]1c1csc(Br)n1. The molecule has 1 aliphatic rings. The predicted octanol–water partition coefficient (Wildman–Crippen LogP) is 3.29. The van der Waals surface area contributed by atoms with Gasteiger partial charge in [0.2, 0.25) is 0 Å². The van der Waals surface area contributed by atoms with Crippen molar-refractivity contribution < 1.29 is 9.53 Å². The molecule has 2 rings (SSSR count). The molecule has 1 fully saturated rings. The molecule has 1 heterocycles. The van der Waals surface area contributed by atoms with Crippen molar-refractivity contribution in [1.82, 2.24) is 10.3 Å². The normalized spacial score (nSPS) is 23.3. The van der Waals surface area contributed by atoms with Gasteiger partial charge in [-0.1, -0.05) is 0 Å². The van der Waals surface area contributed by atoms with Gasteiger partial charge in [0.05, 0.1) is 5.69 Å². The maximum Gasteiger partial charge on any atom is 0.407 e. The Morgan fingerprint density at radius 2 is 2.35 bits per heavy atom. The molecule has 6 heteroatoms. The molecule has 1 N–H and O–H groups in total. The first kappa shape index (κ1) is 12.8. The predicted molar refractivity (Wildman–Crippen MR) is 70.3 cm³/mol. The van der Waals surface area contributed by atoms with Crippen LogP contribution < -0.4 is 5.32 Å². The van der Waals surface area contributed by atoms with Crippen LogP contribution in [0.5, 0.6) is 0 Å². The summed E-state index contributed by atoms with van der Waals surface area (Å²) in [5, 5.41) is 4.88. The van der Waals surface area contributed by atoms with Crippen LogP contribution in [0, 0.1) is 0 Å². The van der Waals surface area contributed by atoms with Gasteiger partial charge in [-0.25, -0.2) is 9.78 Å².